The highest BCUT2D eigenvalue weighted by Gasteiger charge is 2.31. The molecule has 1 aliphatic rings. The van der Waals surface area contributed by atoms with E-state index in [2.05, 4.69) is 5.10 Å². The summed E-state index contributed by atoms with van der Waals surface area (Å²) in [5.41, 5.74) is 1.46. The Balaban J connectivity index is 2.19. The Bertz CT molecular complexity index is 524. The van der Waals surface area contributed by atoms with Crippen molar-refractivity contribution in [2.75, 3.05) is 13.7 Å². The van der Waals surface area contributed by atoms with Gasteiger partial charge in [-0.25, -0.2) is 0 Å². The van der Waals surface area contributed by atoms with Gasteiger partial charge in [-0.3, -0.25) is 14.3 Å². The standard InChI is InChI=1S/C15H23N3O3/c1-4-13-12(10-17(2)16-13)15(20)18-8-6-5-7-11(18)9-14(19)21-3/h10-11H,4-9H2,1-3H3. The molecule has 1 amide bonds. The summed E-state index contributed by atoms with van der Waals surface area (Å²) in [4.78, 5) is 26.1. The van der Waals surface area contributed by atoms with Gasteiger partial charge in [0, 0.05) is 25.8 Å². The third-order valence-electron chi connectivity index (χ3n) is 3.99. The number of esters is 1. The minimum atomic E-state index is -0.262. The molecule has 0 aromatic carbocycles. The van der Waals surface area contributed by atoms with Crippen molar-refractivity contribution in [3.8, 4) is 0 Å². The quantitative estimate of drug-likeness (QED) is 0.790. The summed E-state index contributed by atoms with van der Waals surface area (Å²) in [6.07, 6.45) is 5.62. The van der Waals surface area contributed by atoms with Crippen LogP contribution in [0.15, 0.2) is 6.20 Å². The fraction of sp³-hybridized carbons (Fsp3) is 0.667. The first-order valence-corrected chi connectivity index (χ1v) is 7.47. The molecule has 116 valence electrons. The molecule has 0 radical (unpaired) electrons. The molecule has 1 saturated heterocycles. The van der Waals surface area contributed by atoms with Gasteiger partial charge < -0.3 is 9.64 Å². The van der Waals surface area contributed by atoms with Crippen molar-refractivity contribution in [1.29, 1.82) is 0 Å². The molecule has 1 aromatic heterocycles. The van der Waals surface area contributed by atoms with Crippen molar-refractivity contribution in [2.24, 2.45) is 7.05 Å². The lowest BCUT2D eigenvalue weighted by molar-refractivity contribution is -0.142. The number of carbonyl (C=O) groups excluding carboxylic acids is 2. The topological polar surface area (TPSA) is 64.4 Å². The Morgan fingerprint density at radius 1 is 1.43 bits per heavy atom. The van der Waals surface area contributed by atoms with E-state index in [1.807, 2.05) is 18.9 Å². The van der Waals surface area contributed by atoms with Crippen LogP contribution in [0.5, 0.6) is 0 Å². The van der Waals surface area contributed by atoms with Gasteiger partial charge in [-0.15, -0.1) is 0 Å². The van der Waals surface area contributed by atoms with E-state index >= 15 is 0 Å². The van der Waals surface area contributed by atoms with Crippen molar-refractivity contribution >= 4 is 11.9 Å². The molecule has 1 unspecified atom stereocenters. The molecule has 2 heterocycles. The van der Waals surface area contributed by atoms with Gasteiger partial charge in [0.05, 0.1) is 24.8 Å². The number of hydrogen-bond donors (Lipinski definition) is 0. The van der Waals surface area contributed by atoms with Crippen LogP contribution in [0, 0.1) is 0 Å². The maximum absolute atomic E-state index is 12.8. The number of likely N-dealkylation sites (tertiary alicyclic amines) is 1. The largest absolute Gasteiger partial charge is 0.469 e. The fourth-order valence-corrected chi connectivity index (χ4v) is 2.88. The second kappa shape index (κ2) is 6.74. The number of hydrogen-bond acceptors (Lipinski definition) is 4. The lowest BCUT2D eigenvalue weighted by atomic mass is 9.98. The first kappa shape index (κ1) is 15.5. The molecule has 2 rings (SSSR count). The summed E-state index contributed by atoms with van der Waals surface area (Å²) in [7, 11) is 3.20. The molecule has 0 aliphatic carbocycles. The fourth-order valence-electron chi connectivity index (χ4n) is 2.88. The van der Waals surface area contributed by atoms with E-state index in [1.54, 1.807) is 10.9 Å². The van der Waals surface area contributed by atoms with Crippen LogP contribution in [-0.2, 0) is 23.0 Å². The lowest BCUT2D eigenvalue weighted by Crippen LogP contribution is -2.45. The third-order valence-corrected chi connectivity index (χ3v) is 3.99. The first-order valence-electron chi connectivity index (χ1n) is 7.47. The summed E-state index contributed by atoms with van der Waals surface area (Å²) in [5, 5.41) is 4.32. The van der Waals surface area contributed by atoms with Crippen molar-refractivity contribution in [1.82, 2.24) is 14.7 Å². The Morgan fingerprint density at radius 2 is 2.19 bits per heavy atom. The van der Waals surface area contributed by atoms with E-state index in [4.69, 9.17) is 4.74 Å². The zero-order valence-corrected chi connectivity index (χ0v) is 13.0. The maximum atomic E-state index is 12.8. The molecule has 1 aromatic rings. The van der Waals surface area contributed by atoms with Crippen LogP contribution >= 0.6 is 0 Å². The van der Waals surface area contributed by atoms with E-state index in [-0.39, 0.29) is 24.3 Å². The molecule has 0 spiro atoms. The number of nitrogens with zero attached hydrogens (tertiary/aromatic N) is 3. The van der Waals surface area contributed by atoms with Crippen LogP contribution in [0.1, 0.15) is 48.7 Å². The number of aromatic nitrogens is 2. The third kappa shape index (κ3) is 3.43. The van der Waals surface area contributed by atoms with Crippen molar-refractivity contribution in [3.63, 3.8) is 0 Å². The van der Waals surface area contributed by atoms with E-state index < -0.39 is 0 Å². The van der Waals surface area contributed by atoms with Gasteiger partial charge in [0.25, 0.3) is 5.91 Å². The van der Waals surface area contributed by atoms with Crippen LogP contribution < -0.4 is 0 Å². The lowest BCUT2D eigenvalue weighted by Gasteiger charge is -2.35. The van der Waals surface area contributed by atoms with E-state index in [0.717, 1.165) is 31.4 Å². The van der Waals surface area contributed by atoms with Crippen LogP contribution in [0.4, 0.5) is 0 Å². The minimum absolute atomic E-state index is 0.0199. The highest BCUT2D eigenvalue weighted by Crippen LogP contribution is 2.23. The highest BCUT2D eigenvalue weighted by molar-refractivity contribution is 5.95. The SMILES string of the molecule is CCc1nn(C)cc1C(=O)N1CCCCC1CC(=O)OC. The van der Waals surface area contributed by atoms with Gasteiger partial charge in [0.15, 0.2) is 0 Å². The molecule has 0 N–H and O–H groups in total. The van der Waals surface area contributed by atoms with E-state index in [0.29, 0.717) is 12.1 Å². The minimum Gasteiger partial charge on any atom is -0.469 e. The number of ether oxygens (including phenoxy) is 1. The summed E-state index contributed by atoms with van der Waals surface area (Å²) >= 11 is 0. The first-order chi connectivity index (χ1) is 10.1. The second-order valence-corrected chi connectivity index (χ2v) is 5.45. The summed E-state index contributed by atoms with van der Waals surface area (Å²) in [6, 6.07) is -0.0661. The molecule has 1 fully saturated rings. The Morgan fingerprint density at radius 3 is 2.86 bits per heavy atom. The number of carbonyl (C=O) groups is 2. The zero-order chi connectivity index (χ0) is 15.4. The summed E-state index contributed by atoms with van der Waals surface area (Å²) in [6.45, 7) is 2.68. The van der Waals surface area contributed by atoms with Crippen molar-refractivity contribution in [3.05, 3.63) is 17.5 Å². The van der Waals surface area contributed by atoms with Gasteiger partial charge in [0.1, 0.15) is 0 Å². The number of piperidine rings is 1. The normalized spacial score (nSPS) is 18.6. The van der Waals surface area contributed by atoms with Crippen LogP contribution in [0.25, 0.3) is 0 Å². The maximum Gasteiger partial charge on any atom is 0.307 e. The molecule has 1 aliphatic heterocycles. The molecule has 6 nitrogen and oxygen atoms in total. The number of rotatable bonds is 4. The van der Waals surface area contributed by atoms with Crippen LogP contribution in [-0.4, -0.2) is 46.3 Å². The molecule has 1 atom stereocenters. The van der Waals surface area contributed by atoms with Crippen LogP contribution in [0.3, 0.4) is 0 Å². The highest BCUT2D eigenvalue weighted by atomic mass is 16.5. The molecule has 6 heteroatoms. The molecule has 0 saturated carbocycles. The number of aryl methyl sites for hydroxylation is 2. The van der Waals surface area contributed by atoms with Gasteiger partial charge in [0.2, 0.25) is 0 Å². The molecule has 0 bridgehead atoms. The van der Waals surface area contributed by atoms with Crippen LogP contribution in [0.2, 0.25) is 0 Å². The number of amides is 1. The van der Waals surface area contributed by atoms with Gasteiger partial charge in [-0.2, -0.15) is 5.10 Å². The molecular formula is C15H23N3O3. The van der Waals surface area contributed by atoms with Gasteiger partial charge in [-0.1, -0.05) is 6.92 Å². The summed E-state index contributed by atoms with van der Waals surface area (Å²) in [5.74, 6) is -0.282. The predicted octanol–water partition coefficient (Wildman–Crippen LogP) is 1.54. The molecular weight excluding hydrogens is 270 g/mol. The monoisotopic (exact) mass is 293 g/mol. The Labute approximate surface area is 125 Å². The average Bonchev–Trinajstić information content (AvgIpc) is 2.88. The summed E-state index contributed by atoms with van der Waals surface area (Å²) < 4.78 is 6.41. The van der Waals surface area contributed by atoms with Crippen molar-refractivity contribution < 1.29 is 14.3 Å². The zero-order valence-electron chi connectivity index (χ0n) is 13.0. The smallest absolute Gasteiger partial charge is 0.307 e. The predicted molar refractivity (Wildman–Crippen MR) is 77.9 cm³/mol. The molecule has 21 heavy (non-hydrogen) atoms. The Kier molecular flexibility index (Phi) is 4.98. The second-order valence-electron chi connectivity index (χ2n) is 5.45. The van der Waals surface area contributed by atoms with Gasteiger partial charge in [-0.05, 0) is 25.7 Å². The number of methoxy groups -OCH3 is 1. The van der Waals surface area contributed by atoms with Crippen molar-refractivity contribution in [2.45, 2.75) is 45.1 Å². The van der Waals surface area contributed by atoms with E-state index in [1.165, 1.54) is 7.11 Å². The average molecular weight is 293 g/mol. The van der Waals surface area contributed by atoms with Gasteiger partial charge >= 0.3 is 5.97 Å². The van der Waals surface area contributed by atoms with E-state index in [9.17, 15) is 9.59 Å². The Hall–Kier alpha value is -1.85.